The van der Waals surface area contributed by atoms with Crippen LogP contribution >= 0.6 is 0 Å². The zero-order chi connectivity index (χ0) is 9.26. The van der Waals surface area contributed by atoms with E-state index in [0.29, 0.717) is 0 Å². The van der Waals surface area contributed by atoms with Gasteiger partial charge in [-0.25, -0.2) is 0 Å². The number of hydrogen-bond donors (Lipinski definition) is 0. The SMILES string of the molecule is O=S([O-])c1cnc2ccncc2c1. The summed E-state index contributed by atoms with van der Waals surface area (Å²) in [5, 5.41) is 0.726. The average Bonchev–Trinajstić information content (AvgIpc) is 2.17. The summed E-state index contributed by atoms with van der Waals surface area (Å²) in [6, 6.07) is 3.27. The van der Waals surface area contributed by atoms with Crippen molar-refractivity contribution in [2.45, 2.75) is 4.90 Å². The van der Waals surface area contributed by atoms with Crippen molar-refractivity contribution in [3.8, 4) is 0 Å². The summed E-state index contributed by atoms with van der Waals surface area (Å²) in [5.74, 6) is 0. The topological polar surface area (TPSA) is 65.9 Å². The molecule has 5 heteroatoms. The summed E-state index contributed by atoms with van der Waals surface area (Å²) in [6.45, 7) is 0. The summed E-state index contributed by atoms with van der Waals surface area (Å²) < 4.78 is 21.2. The predicted octanol–water partition coefficient (Wildman–Crippen LogP) is 0.868. The number of fused-ring (bicyclic) bond motifs is 1. The van der Waals surface area contributed by atoms with E-state index in [1.807, 2.05) is 0 Å². The fraction of sp³-hybridized carbons (Fsp3) is 0. The van der Waals surface area contributed by atoms with Crippen molar-refractivity contribution < 1.29 is 8.76 Å². The van der Waals surface area contributed by atoms with Crippen LogP contribution in [0, 0.1) is 0 Å². The van der Waals surface area contributed by atoms with Gasteiger partial charge in [0.2, 0.25) is 0 Å². The molecular formula is C8H5N2O2S-. The molecule has 0 aromatic carbocycles. The molecule has 0 aliphatic rings. The Bertz CT molecular complexity index is 472. The van der Waals surface area contributed by atoms with Gasteiger partial charge in [0, 0.05) is 28.9 Å². The molecule has 2 rings (SSSR count). The van der Waals surface area contributed by atoms with Crippen molar-refractivity contribution in [1.29, 1.82) is 0 Å². The first-order valence-corrected chi connectivity index (χ1v) is 4.64. The molecule has 0 aliphatic carbocycles. The Hall–Kier alpha value is -1.33. The van der Waals surface area contributed by atoms with Gasteiger partial charge in [-0.3, -0.25) is 14.2 Å². The van der Waals surface area contributed by atoms with Gasteiger partial charge in [0.15, 0.2) is 0 Å². The maximum absolute atomic E-state index is 10.6. The molecule has 0 spiro atoms. The molecule has 1 unspecified atom stereocenters. The summed E-state index contributed by atoms with van der Waals surface area (Å²) >= 11 is -2.23. The minimum absolute atomic E-state index is 0.181. The molecular weight excluding hydrogens is 188 g/mol. The fourth-order valence-electron chi connectivity index (χ4n) is 1.04. The number of aromatic nitrogens is 2. The lowest BCUT2D eigenvalue weighted by molar-refractivity contribution is 0.537. The van der Waals surface area contributed by atoms with Crippen molar-refractivity contribution >= 4 is 22.0 Å². The summed E-state index contributed by atoms with van der Waals surface area (Å²) in [5.41, 5.74) is 0.740. The van der Waals surface area contributed by atoms with E-state index in [-0.39, 0.29) is 4.90 Å². The van der Waals surface area contributed by atoms with Gasteiger partial charge in [0.25, 0.3) is 0 Å². The predicted molar refractivity (Wildman–Crippen MR) is 46.7 cm³/mol. The van der Waals surface area contributed by atoms with Crippen LogP contribution in [-0.2, 0) is 11.1 Å². The summed E-state index contributed by atoms with van der Waals surface area (Å²) in [7, 11) is 0. The molecule has 66 valence electrons. The van der Waals surface area contributed by atoms with Crippen LogP contribution in [0.3, 0.4) is 0 Å². The van der Waals surface area contributed by atoms with Crippen molar-refractivity contribution in [3.05, 3.63) is 30.7 Å². The van der Waals surface area contributed by atoms with Gasteiger partial charge in [0.1, 0.15) is 0 Å². The van der Waals surface area contributed by atoms with Crippen LogP contribution in [0.4, 0.5) is 0 Å². The molecule has 0 amide bonds. The molecule has 13 heavy (non-hydrogen) atoms. The van der Waals surface area contributed by atoms with E-state index in [0.717, 1.165) is 10.9 Å². The van der Waals surface area contributed by atoms with Crippen molar-refractivity contribution in [2.24, 2.45) is 0 Å². The Morgan fingerprint density at radius 1 is 1.38 bits per heavy atom. The van der Waals surface area contributed by atoms with Crippen LogP contribution < -0.4 is 0 Å². The van der Waals surface area contributed by atoms with Crippen LogP contribution in [0.5, 0.6) is 0 Å². The Balaban J connectivity index is 2.69. The number of rotatable bonds is 1. The Morgan fingerprint density at radius 2 is 2.23 bits per heavy atom. The van der Waals surface area contributed by atoms with Crippen LogP contribution in [0.15, 0.2) is 35.6 Å². The third-order valence-electron chi connectivity index (χ3n) is 1.65. The lowest BCUT2D eigenvalue weighted by atomic mass is 10.3. The smallest absolute Gasteiger partial charge is 0.0733 e. The van der Waals surface area contributed by atoms with E-state index in [1.54, 1.807) is 24.5 Å². The quantitative estimate of drug-likeness (QED) is 0.630. The fourth-order valence-corrected chi connectivity index (χ4v) is 1.40. The van der Waals surface area contributed by atoms with E-state index in [9.17, 15) is 8.76 Å². The Labute approximate surface area is 76.9 Å². The first kappa shape index (κ1) is 8.28. The normalized spacial score (nSPS) is 13.0. The van der Waals surface area contributed by atoms with Gasteiger partial charge in [-0.1, -0.05) is 0 Å². The van der Waals surface area contributed by atoms with Crippen molar-refractivity contribution in [1.82, 2.24) is 9.97 Å². The summed E-state index contributed by atoms with van der Waals surface area (Å²) in [6.07, 6.45) is 4.52. The molecule has 1 atom stereocenters. The lowest BCUT2D eigenvalue weighted by Gasteiger charge is -2.04. The largest absolute Gasteiger partial charge is 0.768 e. The van der Waals surface area contributed by atoms with Gasteiger partial charge >= 0.3 is 0 Å². The van der Waals surface area contributed by atoms with Gasteiger partial charge in [-0.15, -0.1) is 0 Å². The second-order valence-corrected chi connectivity index (χ2v) is 3.41. The molecule has 0 radical (unpaired) electrons. The van der Waals surface area contributed by atoms with E-state index < -0.39 is 11.1 Å². The first-order chi connectivity index (χ1) is 6.27. The maximum Gasteiger partial charge on any atom is 0.0733 e. The van der Waals surface area contributed by atoms with E-state index in [1.165, 1.54) is 6.20 Å². The lowest BCUT2D eigenvalue weighted by Crippen LogP contribution is -1.90. The number of pyridine rings is 2. The van der Waals surface area contributed by atoms with Gasteiger partial charge in [-0.2, -0.15) is 0 Å². The zero-order valence-corrected chi connectivity index (χ0v) is 7.32. The zero-order valence-electron chi connectivity index (χ0n) is 6.51. The van der Waals surface area contributed by atoms with Gasteiger partial charge in [-0.05, 0) is 23.2 Å². The van der Waals surface area contributed by atoms with Crippen LogP contribution in [-0.4, -0.2) is 18.7 Å². The van der Waals surface area contributed by atoms with Gasteiger partial charge in [0.05, 0.1) is 5.52 Å². The minimum Gasteiger partial charge on any atom is -0.768 e. The van der Waals surface area contributed by atoms with Crippen LogP contribution in [0.2, 0.25) is 0 Å². The third-order valence-corrected chi connectivity index (χ3v) is 2.26. The second-order valence-electron chi connectivity index (χ2n) is 2.47. The second kappa shape index (κ2) is 3.20. The number of nitrogens with zero attached hydrogens (tertiary/aromatic N) is 2. The van der Waals surface area contributed by atoms with E-state index in [4.69, 9.17) is 0 Å². The highest BCUT2D eigenvalue weighted by atomic mass is 32.2. The highest BCUT2D eigenvalue weighted by molar-refractivity contribution is 7.79. The number of hydrogen-bond acceptors (Lipinski definition) is 4. The molecule has 2 aromatic heterocycles. The third kappa shape index (κ3) is 1.56. The van der Waals surface area contributed by atoms with Crippen molar-refractivity contribution in [3.63, 3.8) is 0 Å². The molecule has 0 fully saturated rings. The monoisotopic (exact) mass is 193 g/mol. The molecule has 0 saturated carbocycles. The average molecular weight is 193 g/mol. The first-order valence-electron chi connectivity index (χ1n) is 3.56. The maximum atomic E-state index is 10.6. The molecule has 4 nitrogen and oxygen atoms in total. The van der Waals surface area contributed by atoms with Gasteiger partial charge < -0.3 is 4.55 Å². The molecule has 0 saturated heterocycles. The Kier molecular flexibility index (Phi) is 2.03. The highest BCUT2D eigenvalue weighted by Crippen LogP contribution is 2.12. The standard InChI is InChI=1S/C8H6N2O2S/c11-13(12)7-3-6-4-9-2-1-8(6)10-5-7/h1-5H,(H,11,12)/p-1. The van der Waals surface area contributed by atoms with Crippen LogP contribution in [0.1, 0.15) is 0 Å². The molecule has 0 N–H and O–H groups in total. The Morgan fingerprint density at radius 3 is 3.00 bits per heavy atom. The minimum atomic E-state index is -2.23. The molecule has 0 aliphatic heterocycles. The molecule has 0 bridgehead atoms. The van der Waals surface area contributed by atoms with Crippen LogP contribution in [0.25, 0.3) is 10.9 Å². The van der Waals surface area contributed by atoms with E-state index in [2.05, 4.69) is 9.97 Å². The molecule has 2 heterocycles. The summed E-state index contributed by atoms with van der Waals surface area (Å²) in [4.78, 5) is 8.02. The molecule has 2 aromatic rings. The van der Waals surface area contributed by atoms with Crippen molar-refractivity contribution in [2.75, 3.05) is 0 Å². The highest BCUT2D eigenvalue weighted by Gasteiger charge is 1.96. The van der Waals surface area contributed by atoms with E-state index >= 15 is 0 Å².